The minimum atomic E-state index is -3.60. The largest absolute Gasteiger partial charge is 0.508 e. The molecule has 2 rings (SSSR count). The molecule has 134 valence electrons. The van der Waals surface area contributed by atoms with Gasteiger partial charge in [-0.25, -0.2) is 0 Å². The summed E-state index contributed by atoms with van der Waals surface area (Å²) in [5.41, 5.74) is 3.25. The average Bonchev–Trinajstić information content (AvgIpc) is 2.52. The van der Waals surface area contributed by atoms with Crippen LogP contribution in [0.15, 0.2) is 18.2 Å². The summed E-state index contributed by atoms with van der Waals surface area (Å²) < 4.78 is 4.72. The zero-order chi connectivity index (χ0) is 19.1. The molecule has 2 aromatic rings. The molecule has 0 fully saturated rings. The molecule has 0 heterocycles. The van der Waals surface area contributed by atoms with Crippen molar-refractivity contribution in [3.63, 3.8) is 0 Å². The molecule has 0 saturated carbocycles. The van der Waals surface area contributed by atoms with Crippen molar-refractivity contribution < 1.29 is 50.4 Å². The first-order chi connectivity index (χ1) is 11.5. The van der Waals surface area contributed by atoms with E-state index in [1.165, 1.54) is 0 Å². The molecule has 0 bridgehead atoms. The standard InChI is InChI=1S/C14H13NO10/c15-13(22)5-3-4(16)1-2-6(5)25-14(23,24)7-8(17)10(19)12(21)11(20)9(7)18/h1-3,16-21,23-24H,(H2,15,22). The third kappa shape index (κ3) is 2.96. The highest BCUT2D eigenvalue weighted by atomic mass is 16.8. The fourth-order valence-corrected chi connectivity index (χ4v) is 2.00. The van der Waals surface area contributed by atoms with E-state index >= 15 is 0 Å². The first kappa shape index (κ1) is 17.8. The summed E-state index contributed by atoms with van der Waals surface area (Å²) in [4.78, 5) is 11.3. The Bertz CT molecular complexity index is 832. The topological polar surface area (TPSA) is 214 Å². The Hall–Kier alpha value is -3.57. The lowest BCUT2D eigenvalue weighted by Gasteiger charge is -2.26. The summed E-state index contributed by atoms with van der Waals surface area (Å²) in [5, 5.41) is 76.9. The molecule has 0 saturated heterocycles. The van der Waals surface area contributed by atoms with Gasteiger partial charge >= 0.3 is 5.97 Å². The smallest absolute Gasteiger partial charge is 0.359 e. The van der Waals surface area contributed by atoms with E-state index in [0.29, 0.717) is 0 Å². The van der Waals surface area contributed by atoms with E-state index in [1.54, 1.807) is 0 Å². The molecule has 11 nitrogen and oxygen atoms in total. The summed E-state index contributed by atoms with van der Waals surface area (Å²) >= 11 is 0. The first-order valence-electron chi connectivity index (χ1n) is 6.43. The minimum Gasteiger partial charge on any atom is -0.508 e. The number of aromatic hydroxyl groups is 6. The molecule has 0 aromatic heterocycles. The van der Waals surface area contributed by atoms with Gasteiger partial charge < -0.3 is 51.3 Å². The molecule has 0 aliphatic heterocycles. The van der Waals surface area contributed by atoms with Gasteiger partial charge in [-0.1, -0.05) is 0 Å². The lowest BCUT2D eigenvalue weighted by molar-refractivity contribution is -0.305. The van der Waals surface area contributed by atoms with Gasteiger partial charge in [-0.3, -0.25) is 4.79 Å². The number of carbonyl (C=O) groups excluding carboxylic acids is 1. The number of ether oxygens (including phenoxy) is 1. The Morgan fingerprint density at radius 2 is 1.36 bits per heavy atom. The highest BCUT2D eigenvalue weighted by Crippen LogP contribution is 2.53. The van der Waals surface area contributed by atoms with Gasteiger partial charge in [0.05, 0.1) is 5.56 Å². The molecule has 10 N–H and O–H groups in total. The van der Waals surface area contributed by atoms with Crippen molar-refractivity contribution in [2.75, 3.05) is 0 Å². The number of carbonyl (C=O) groups is 1. The molecule has 0 unspecified atom stereocenters. The van der Waals surface area contributed by atoms with Crippen molar-refractivity contribution in [2.24, 2.45) is 5.73 Å². The Morgan fingerprint density at radius 1 is 0.880 bits per heavy atom. The number of phenolic OH excluding ortho intramolecular Hbond substituents is 6. The first-order valence-corrected chi connectivity index (χ1v) is 6.43. The van der Waals surface area contributed by atoms with Gasteiger partial charge in [-0.05, 0) is 18.2 Å². The van der Waals surface area contributed by atoms with Crippen molar-refractivity contribution in [1.29, 1.82) is 0 Å². The Labute approximate surface area is 138 Å². The van der Waals surface area contributed by atoms with Gasteiger partial charge in [0, 0.05) is 0 Å². The highest BCUT2D eigenvalue weighted by Gasteiger charge is 2.41. The molecule has 0 radical (unpaired) electrons. The molecule has 0 spiro atoms. The second kappa shape index (κ2) is 5.81. The van der Waals surface area contributed by atoms with Crippen LogP contribution < -0.4 is 10.5 Å². The Kier molecular flexibility index (Phi) is 4.13. The van der Waals surface area contributed by atoms with Gasteiger partial charge in [0.1, 0.15) is 17.1 Å². The minimum absolute atomic E-state index is 0.395. The SMILES string of the molecule is NC(=O)c1cc(O)ccc1OC(O)(O)c1c(O)c(O)c(O)c(O)c1O. The van der Waals surface area contributed by atoms with E-state index in [4.69, 9.17) is 10.5 Å². The highest BCUT2D eigenvalue weighted by molar-refractivity contribution is 5.96. The van der Waals surface area contributed by atoms with Gasteiger partial charge in [-0.2, -0.15) is 0 Å². The molecule has 25 heavy (non-hydrogen) atoms. The molecular weight excluding hydrogens is 342 g/mol. The number of primary amides is 1. The van der Waals surface area contributed by atoms with Gasteiger partial charge in [0.15, 0.2) is 11.5 Å². The fourth-order valence-electron chi connectivity index (χ4n) is 2.00. The number of hydrogen-bond donors (Lipinski definition) is 9. The lowest BCUT2D eigenvalue weighted by atomic mass is 10.1. The third-order valence-electron chi connectivity index (χ3n) is 3.18. The van der Waals surface area contributed by atoms with E-state index in [0.717, 1.165) is 18.2 Å². The molecule has 1 amide bonds. The van der Waals surface area contributed by atoms with E-state index in [1.807, 2.05) is 0 Å². The zero-order valence-electron chi connectivity index (χ0n) is 12.2. The van der Waals surface area contributed by atoms with Crippen LogP contribution in [0, 0.1) is 0 Å². The van der Waals surface area contributed by atoms with Crippen molar-refractivity contribution >= 4 is 5.91 Å². The van der Waals surface area contributed by atoms with E-state index in [-0.39, 0.29) is 0 Å². The molecule has 0 aliphatic rings. The lowest BCUT2D eigenvalue weighted by Crippen LogP contribution is -2.33. The zero-order valence-corrected chi connectivity index (χ0v) is 12.2. The maximum atomic E-state index is 11.3. The molecule has 2 aromatic carbocycles. The number of nitrogens with two attached hydrogens (primary N) is 1. The predicted octanol–water partition coefficient (Wildman–Crippen LogP) is -0.807. The summed E-state index contributed by atoms with van der Waals surface area (Å²) in [6.45, 7) is 0. The number of phenols is 6. The van der Waals surface area contributed by atoms with Gasteiger partial charge in [0.2, 0.25) is 17.2 Å². The van der Waals surface area contributed by atoms with E-state index in [2.05, 4.69) is 0 Å². The number of rotatable bonds is 4. The van der Waals surface area contributed by atoms with Crippen LogP contribution in [0.5, 0.6) is 40.2 Å². The van der Waals surface area contributed by atoms with Gasteiger partial charge in [0.25, 0.3) is 5.91 Å². The number of benzene rings is 2. The van der Waals surface area contributed by atoms with Crippen molar-refractivity contribution in [3.8, 4) is 40.2 Å². The summed E-state index contributed by atoms with van der Waals surface area (Å²) in [6.07, 6.45) is 0. The molecule has 0 atom stereocenters. The average molecular weight is 355 g/mol. The van der Waals surface area contributed by atoms with Crippen LogP contribution in [0.2, 0.25) is 0 Å². The van der Waals surface area contributed by atoms with E-state index < -0.39 is 63.3 Å². The Morgan fingerprint density at radius 3 is 1.84 bits per heavy atom. The summed E-state index contributed by atoms with van der Waals surface area (Å²) in [6, 6.07) is 2.77. The van der Waals surface area contributed by atoms with Crippen molar-refractivity contribution in [1.82, 2.24) is 0 Å². The van der Waals surface area contributed by atoms with Gasteiger partial charge in [-0.15, -0.1) is 0 Å². The molecule has 11 heteroatoms. The third-order valence-corrected chi connectivity index (χ3v) is 3.18. The van der Waals surface area contributed by atoms with Crippen LogP contribution in [-0.2, 0) is 5.97 Å². The molecule has 0 aliphatic carbocycles. The van der Waals surface area contributed by atoms with Crippen LogP contribution >= 0.6 is 0 Å². The summed E-state index contributed by atoms with van der Waals surface area (Å²) in [5.74, 6) is -12.6. The van der Waals surface area contributed by atoms with Crippen LogP contribution in [0.25, 0.3) is 0 Å². The van der Waals surface area contributed by atoms with Crippen molar-refractivity contribution in [2.45, 2.75) is 5.97 Å². The number of hydrogen-bond acceptors (Lipinski definition) is 10. The van der Waals surface area contributed by atoms with E-state index in [9.17, 15) is 45.6 Å². The monoisotopic (exact) mass is 355 g/mol. The van der Waals surface area contributed by atoms with Crippen LogP contribution in [0.1, 0.15) is 15.9 Å². The quantitative estimate of drug-likeness (QED) is 0.189. The molecular formula is C14H13NO10. The number of aliphatic hydroxyl groups is 2. The fraction of sp³-hybridized carbons (Fsp3) is 0.0714. The Balaban J connectivity index is 2.61. The maximum absolute atomic E-state index is 11.3. The maximum Gasteiger partial charge on any atom is 0.359 e. The summed E-state index contributed by atoms with van der Waals surface area (Å²) in [7, 11) is 0. The van der Waals surface area contributed by atoms with Crippen LogP contribution in [0.4, 0.5) is 0 Å². The predicted molar refractivity (Wildman–Crippen MR) is 78.1 cm³/mol. The number of amides is 1. The second-order valence-electron chi connectivity index (χ2n) is 4.87. The van der Waals surface area contributed by atoms with Crippen LogP contribution in [0.3, 0.4) is 0 Å². The van der Waals surface area contributed by atoms with Crippen molar-refractivity contribution in [3.05, 3.63) is 29.3 Å². The normalized spacial score (nSPS) is 11.3. The van der Waals surface area contributed by atoms with Crippen LogP contribution in [-0.4, -0.2) is 46.8 Å². The second-order valence-corrected chi connectivity index (χ2v) is 4.87.